The second kappa shape index (κ2) is 14.6. The Labute approximate surface area is 405 Å². The van der Waals surface area contributed by atoms with Crippen LogP contribution in [0.5, 0.6) is 0 Å². The van der Waals surface area contributed by atoms with Gasteiger partial charge in [0, 0.05) is 43.5 Å². The topological polar surface area (TPSA) is 6.48 Å². The molecular weight excluding hydrogens is 859 g/mol. The normalized spacial score (nSPS) is 14.1. The highest BCUT2D eigenvalue weighted by atomic mass is 19.1. The van der Waals surface area contributed by atoms with Crippen molar-refractivity contribution in [3.8, 4) is 22.3 Å². The molecule has 0 spiro atoms. The van der Waals surface area contributed by atoms with Crippen molar-refractivity contribution in [1.29, 1.82) is 0 Å². The molecule has 12 aromatic rings. The fourth-order valence-corrected chi connectivity index (χ4v) is 12.6. The Kier molecular flexibility index (Phi) is 8.48. The molecule has 0 bridgehead atoms. The first-order chi connectivity index (χ1) is 34.1. The maximum Gasteiger partial charge on any atom is 0.155 e. The molecule has 0 amide bonds. The van der Waals surface area contributed by atoms with Crippen LogP contribution in [0.4, 0.5) is 42.9 Å². The Morgan fingerprint density at radius 2 is 0.643 bits per heavy atom. The summed E-state index contributed by atoms with van der Waals surface area (Å²) in [7, 11) is 0. The van der Waals surface area contributed by atoms with E-state index in [1.165, 1.54) is 22.3 Å². The standard InChI is InChI=1S/C66H46F2N2/c1-65(2)49-21-11-9-19-45(49)61-51(65)23-13-25-55(61)69(57-37-29-39-15-5-7-17-43(39)63(57)67)53-35-31-41-28-34-48-54(36-32-42-27-33-47(53)59(41)60(42)48)70(58-38-30-40-16-6-8-18-44(40)64(58)68)56-26-14-24-52-62(56)46-20-10-12-22-50(46)66(52,3)4/h5-38H,1-4H3. The molecule has 4 heteroatoms. The van der Waals surface area contributed by atoms with E-state index in [2.05, 4.69) is 171 Å². The van der Waals surface area contributed by atoms with Crippen LogP contribution in [0, 0.1) is 11.6 Å². The lowest BCUT2D eigenvalue weighted by atomic mass is 9.82. The Morgan fingerprint density at radius 3 is 1.10 bits per heavy atom. The second-order valence-corrected chi connectivity index (χ2v) is 20.2. The average molecular weight is 905 g/mol. The zero-order valence-electron chi connectivity index (χ0n) is 39.3. The molecule has 0 saturated heterocycles. The Hall–Kier alpha value is -8.34. The smallest absolute Gasteiger partial charge is 0.155 e. The van der Waals surface area contributed by atoms with Crippen molar-refractivity contribution in [1.82, 2.24) is 0 Å². The van der Waals surface area contributed by atoms with Crippen molar-refractivity contribution < 1.29 is 8.78 Å². The van der Waals surface area contributed by atoms with Crippen LogP contribution in [0.3, 0.4) is 0 Å². The van der Waals surface area contributed by atoms with Crippen molar-refractivity contribution in [2.75, 3.05) is 9.80 Å². The number of hydrogen-bond acceptors (Lipinski definition) is 2. The van der Waals surface area contributed by atoms with Crippen molar-refractivity contribution in [3.63, 3.8) is 0 Å². The molecule has 0 aliphatic heterocycles. The largest absolute Gasteiger partial charge is 0.306 e. The van der Waals surface area contributed by atoms with Crippen molar-refractivity contribution in [2.24, 2.45) is 0 Å². The number of fused-ring (bicyclic) bond motifs is 8. The molecule has 2 aliphatic carbocycles. The molecule has 0 saturated carbocycles. The minimum atomic E-state index is -0.276. The van der Waals surface area contributed by atoms with Gasteiger partial charge in [-0.2, -0.15) is 0 Å². The lowest BCUT2D eigenvalue weighted by Crippen LogP contribution is -2.17. The van der Waals surface area contributed by atoms with Gasteiger partial charge in [0.25, 0.3) is 0 Å². The van der Waals surface area contributed by atoms with Gasteiger partial charge in [-0.05, 0) is 102 Å². The van der Waals surface area contributed by atoms with Crippen molar-refractivity contribution >= 4 is 88.0 Å². The van der Waals surface area contributed by atoms with E-state index in [4.69, 9.17) is 0 Å². The summed E-state index contributed by atoms with van der Waals surface area (Å²) < 4.78 is 35.3. The molecule has 0 fully saturated rings. The van der Waals surface area contributed by atoms with E-state index in [1.54, 1.807) is 0 Å². The Bertz CT molecular complexity index is 3910. The van der Waals surface area contributed by atoms with E-state index in [-0.39, 0.29) is 22.5 Å². The highest BCUT2D eigenvalue weighted by Crippen LogP contribution is 2.58. The van der Waals surface area contributed by atoms with Gasteiger partial charge in [0.05, 0.1) is 34.1 Å². The first kappa shape index (κ1) is 40.7. The maximum absolute atomic E-state index is 17.6. The van der Waals surface area contributed by atoms with Crippen molar-refractivity contribution in [2.45, 2.75) is 38.5 Å². The van der Waals surface area contributed by atoms with E-state index in [0.717, 1.165) is 88.1 Å². The summed E-state index contributed by atoms with van der Waals surface area (Å²) in [5.41, 5.74) is 13.5. The van der Waals surface area contributed by atoms with Crippen LogP contribution in [-0.2, 0) is 10.8 Å². The van der Waals surface area contributed by atoms with Crippen LogP contribution in [0.2, 0.25) is 0 Å². The quantitative estimate of drug-likeness (QED) is 0.153. The Morgan fingerprint density at radius 1 is 0.286 bits per heavy atom. The fourth-order valence-electron chi connectivity index (χ4n) is 12.6. The molecule has 334 valence electrons. The number of benzene rings is 12. The summed E-state index contributed by atoms with van der Waals surface area (Å²) in [4.78, 5) is 4.32. The molecule has 2 aliphatic rings. The van der Waals surface area contributed by atoms with Crippen LogP contribution in [0.1, 0.15) is 49.9 Å². The average Bonchev–Trinajstić information content (AvgIpc) is 3.78. The molecule has 0 atom stereocenters. The van der Waals surface area contributed by atoms with Gasteiger partial charge in [-0.15, -0.1) is 0 Å². The van der Waals surface area contributed by atoms with Crippen LogP contribution in [-0.4, -0.2) is 0 Å². The first-order valence-corrected chi connectivity index (χ1v) is 24.2. The molecule has 0 unspecified atom stereocenters. The molecule has 0 aromatic heterocycles. The van der Waals surface area contributed by atoms with E-state index in [9.17, 15) is 0 Å². The molecule has 2 nitrogen and oxygen atoms in total. The maximum atomic E-state index is 17.6. The van der Waals surface area contributed by atoms with Gasteiger partial charge in [-0.1, -0.05) is 198 Å². The van der Waals surface area contributed by atoms with Gasteiger partial charge in [0.2, 0.25) is 0 Å². The number of hydrogen-bond donors (Lipinski definition) is 0. The third-order valence-corrected chi connectivity index (χ3v) is 15.9. The van der Waals surface area contributed by atoms with Crippen LogP contribution in [0.15, 0.2) is 206 Å². The third-order valence-electron chi connectivity index (χ3n) is 15.9. The summed E-state index contributed by atoms with van der Waals surface area (Å²) >= 11 is 0. The SMILES string of the molecule is CC1(C)c2ccccc2-c2c(N(c3ccc4ccccc4c3F)c3ccc4ccc5c(N(c6cccc7c6-c6ccccc6C7(C)C)c6ccc7ccccc7c6F)ccc6ccc3c4c65)cccc21. The van der Waals surface area contributed by atoms with Gasteiger partial charge in [-0.25, -0.2) is 8.78 Å². The number of nitrogens with zero attached hydrogens (tertiary/aromatic N) is 2. The lowest BCUT2D eigenvalue weighted by Gasteiger charge is -2.32. The Balaban J connectivity index is 1.06. The number of anilines is 6. The first-order valence-electron chi connectivity index (χ1n) is 24.2. The molecule has 70 heavy (non-hydrogen) atoms. The van der Waals surface area contributed by atoms with Gasteiger partial charge < -0.3 is 9.80 Å². The van der Waals surface area contributed by atoms with Crippen molar-refractivity contribution in [3.05, 3.63) is 240 Å². The van der Waals surface area contributed by atoms with Gasteiger partial charge in [-0.3, -0.25) is 0 Å². The molecule has 0 heterocycles. The third kappa shape index (κ3) is 5.47. The van der Waals surface area contributed by atoms with Gasteiger partial charge in [0.15, 0.2) is 11.6 Å². The summed E-state index contributed by atoms with van der Waals surface area (Å²) in [6.45, 7) is 9.14. The summed E-state index contributed by atoms with van der Waals surface area (Å²) in [5, 5.41) is 9.08. The number of halogens is 2. The zero-order valence-corrected chi connectivity index (χ0v) is 39.3. The second-order valence-electron chi connectivity index (χ2n) is 20.2. The molecule has 12 aromatic carbocycles. The fraction of sp³-hybridized carbons (Fsp3) is 0.0909. The molecule has 14 rings (SSSR count). The molecular formula is C66H46F2N2. The van der Waals surface area contributed by atoms with Gasteiger partial charge >= 0.3 is 0 Å². The lowest BCUT2D eigenvalue weighted by molar-refractivity contribution is 0.640. The van der Waals surface area contributed by atoms with E-state index in [1.807, 2.05) is 72.8 Å². The molecule has 0 N–H and O–H groups in total. The number of rotatable bonds is 6. The van der Waals surface area contributed by atoms with Crippen LogP contribution >= 0.6 is 0 Å². The summed E-state index contributed by atoms with van der Waals surface area (Å²) in [6.07, 6.45) is 0. The van der Waals surface area contributed by atoms with E-state index >= 15 is 8.78 Å². The predicted octanol–water partition coefficient (Wildman–Crippen LogP) is 18.7. The predicted molar refractivity (Wildman–Crippen MR) is 290 cm³/mol. The summed E-state index contributed by atoms with van der Waals surface area (Å²) in [6, 6.07) is 71.1. The highest BCUT2D eigenvalue weighted by molar-refractivity contribution is 6.28. The van der Waals surface area contributed by atoms with E-state index in [0.29, 0.717) is 22.1 Å². The van der Waals surface area contributed by atoms with Crippen LogP contribution < -0.4 is 9.80 Å². The molecule has 0 radical (unpaired) electrons. The monoisotopic (exact) mass is 904 g/mol. The van der Waals surface area contributed by atoms with Crippen LogP contribution in [0.25, 0.3) is 76.1 Å². The summed E-state index contributed by atoms with van der Waals surface area (Å²) in [5.74, 6) is -0.551. The zero-order chi connectivity index (χ0) is 47.2. The van der Waals surface area contributed by atoms with Gasteiger partial charge in [0.1, 0.15) is 0 Å². The minimum Gasteiger partial charge on any atom is -0.306 e. The highest BCUT2D eigenvalue weighted by Gasteiger charge is 2.40. The minimum absolute atomic E-state index is 0.262. The van der Waals surface area contributed by atoms with E-state index < -0.39 is 0 Å².